The molecule has 0 unspecified atom stereocenters. The van der Waals surface area contributed by atoms with Gasteiger partial charge in [0.05, 0.1) is 18.6 Å². The summed E-state index contributed by atoms with van der Waals surface area (Å²) in [6.45, 7) is 3.37. The number of benzene rings is 2. The lowest BCUT2D eigenvalue weighted by Gasteiger charge is -2.32. The molecule has 2 aromatic rings. The summed E-state index contributed by atoms with van der Waals surface area (Å²) in [6.07, 6.45) is 0. The molecule has 5 rings (SSSR count). The molecule has 1 saturated carbocycles. The number of carbonyl (C=O) groups excluding carboxylic acids is 3. The Labute approximate surface area is 168 Å². The quantitative estimate of drug-likeness (QED) is 0.348. The summed E-state index contributed by atoms with van der Waals surface area (Å²) < 4.78 is 11.0. The van der Waals surface area contributed by atoms with Crippen molar-refractivity contribution in [2.75, 3.05) is 26.3 Å². The Morgan fingerprint density at radius 3 is 2.38 bits per heavy atom. The van der Waals surface area contributed by atoms with E-state index in [9.17, 15) is 14.4 Å². The van der Waals surface area contributed by atoms with E-state index in [2.05, 4.69) is 0 Å². The molecular formula is C23H21NO5. The summed E-state index contributed by atoms with van der Waals surface area (Å²) in [5.41, 5.74) is -1.51. The van der Waals surface area contributed by atoms with Crippen LogP contribution in [0.5, 0.6) is 5.75 Å². The van der Waals surface area contributed by atoms with E-state index in [1.807, 2.05) is 18.2 Å². The van der Waals surface area contributed by atoms with E-state index in [-0.39, 0.29) is 11.7 Å². The molecule has 2 aliphatic heterocycles. The zero-order chi connectivity index (χ0) is 20.2. The van der Waals surface area contributed by atoms with Gasteiger partial charge in [0.2, 0.25) is 5.91 Å². The van der Waals surface area contributed by atoms with Crippen molar-refractivity contribution in [3.8, 4) is 5.75 Å². The number of para-hydroxylation sites is 1. The number of hydrogen-bond donors (Lipinski definition) is 0. The van der Waals surface area contributed by atoms with Gasteiger partial charge < -0.3 is 14.4 Å². The topological polar surface area (TPSA) is 72.9 Å². The van der Waals surface area contributed by atoms with Crippen molar-refractivity contribution in [3.63, 3.8) is 0 Å². The molecule has 0 radical (unpaired) electrons. The highest BCUT2D eigenvalue weighted by atomic mass is 16.5. The van der Waals surface area contributed by atoms with Gasteiger partial charge in [-0.05, 0) is 13.0 Å². The largest absolute Gasteiger partial charge is 0.425 e. The third-order valence-electron chi connectivity index (χ3n) is 6.64. The van der Waals surface area contributed by atoms with Crippen LogP contribution in [0, 0.1) is 10.8 Å². The third kappa shape index (κ3) is 2.23. The van der Waals surface area contributed by atoms with Crippen LogP contribution in [0.1, 0.15) is 28.8 Å². The molecule has 0 aromatic heterocycles. The van der Waals surface area contributed by atoms with Gasteiger partial charge in [-0.15, -0.1) is 0 Å². The number of fused-ring (bicyclic) bond motifs is 3. The molecule has 0 N–H and O–H groups in total. The fourth-order valence-corrected chi connectivity index (χ4v) is 5.13. The van der Waals surface area contributed by atoms with Crippen LogP contribution in [0.15, 0.2) is 54.6 Å². The van der Waals surface area contributed by atoms with Crippen LogP contribution in [0.25, 0.3) is 0 Å². The fourth-order valence-electron chi connectivity index (χ4n) is 5.13. The molecule has 3 atom stereocenters. The number of Topliss-reactive ketones (excluding diaryl/α,β-unsaturated/α-hetero) is 1. The SMILES string of the molecule is C[C@@]1(C(=O)c2ccccc2)[C@@H]2c3ccccc3OC(=O)[C@@]21C(=O)N1CCOCC1. The van der Waals surface area contributed by atoms with Crippen LogP contribution in [0.2, 0.25) is 0 Å². The van der Waals surface area contributed by atoms with Gasteiger partial charge in [-0.3, -0.25) is 14.4 Å². The second-order valence-corrected chi connectivity index (χ2v) is 7.97. The maximum absolute atomic E-state index is 13.7. The molecule has 3 aliphatic rings. The van der Waals surface area contributed by atoms with Crippen LogP contribution in [-0.4, -0.2) is 48.9 Å². The van der Waals surface area contributed by atoms with E-state index >= 15 is 0 Å². The fraction of sp³-hybridized carbons (Fsp3) is 0.348. The molecule has 6 heteroatoms. The average Bonchev–Trinajstić information content (AvgIpc) is 3.37. The Morgan fingerprint density at radius 2 is 1.66 bits per heavy atom. The Bertz CT molecular complexity index is 1010. The number of nitrogens with zero attached hydrogens (tertiary/aromatic N) is 1. The lowest BCUT2D eigenvalue weighted by molar-refractivity contribution is -0.156. The van der Waals surface area contributed by atoms with Crippen molar-refractivity contribution in [1.82, 2.24) is 4.90 Å². The van der Waals surface area contributed by atoms with Gasteiger partial charge in [-0.1, -0.05) is 48.5 Å². The lowest BCUT2D eigenvalue weighted by atomic mass is 9.86. The van der Waals surface area contributed by atoms with Gasteiger partial charge in [-0.2, -0.15) is 0 Å². The molecule has 1 saturated heterocycles. The minimum Gasteiger partial charge on any atom is -0.425 e. The van der Waals surface area contributed by atoms with Gasteiger partial charge in [0.15, 0.2) is 11.2 Å². The number of ketones is 1. The standard InChI is InChI=1S/C23H21NO5/c1-22(19(25)15-7-3-2-4-8-15)18-16-9-5-6-10-17(16)29-21(27)23(18,22)20(26)24-11-13-28-14-12-24/h2-10,18H,11-14H2,1H3/t18-,22-,23-/m0/s1. The van der Waals surface area contributed by atoms with Crippen molar-refractivity contribution in [2.24, 2.45) is 10.8 Å². The second kappa shape index (κ2) is 6.26. The minimum absolute atomic E-state index is 0.210. The van der Waals surface area contributed by atoms with Crippen LogP contribution >= 0.6 is 0 Å². The van der Waals surface area contributed by atoms with Crippen LogP contribution in [0.4, 0.5) is 0 Å². The highest BCUT2D eigenvalue weighted by Gasteiger charge is 2.88. The Hall–Kier alpha value is -2.99. The van der Waals surface area contributed by atoms with Crippen molar-refractivity contribution >= 4 is 17.7 Å². The summed E-state index contributed by atoms with van der Waals surface area (Å²) in [5, 5.41) is 0. The first-order chi connectivity index (χ1) is 14.0. The van der Waals surface area contributed by atoms with E-state index in [1.165, 1.54) is 0 Å². The van der Waals surface area contributed by atoms with E-state index in [0.717, 1.165) is 5.56 Å². The smallest absolute Gasteiger partial charge is 0.328 e. The molecule has 148 valence electrons. The summed E-state index contributed by atoms with van der Waals surface area (Å²) in [4.78, 5) is 42.3. The van der Waals surface area contributed by atoms with Gasteiger partial charge in [0.25, 0.3) is 0 Å². The molecule has 2 fully saturated rings. The highest BCUT2D eigenvalue weighted by molar-refractivity contribution is 6.21. The molecule has 0 bridgehead atoms. The van der Waals surface area contributed by atoms with Crippen LogP contribution in [0.3, 0.4) is 0 Å². The number of rotatable bonds is 3. The van der Waals surface area contributed by atoms with Crippen molar-refractivity contribution in [1.29, 1.82) is 0 Å². The molecule has 1 amide bonds. The van der Waals surface area contributed by atoms with Gasteiger partial charge in [0, 0.05) is 30.1 Å². The third-order valence-corrected chi connectivity index (χ3v) is 6.64. The second-order valence-electron chi connectivity index (χ2n) is 7.97. The van der Waals surface area contributed by atoms with Crippen molar-refractivity contribution < 1.29 is 23.9 Å². The number of morpholine rings is 1. The number of ether oxygens (including phenoxy) is 2. The highest BCUT2D eigenvalue weighted by Crippen LogP contribution is 2.78. The van der Waals surface area contributed by atoms with E-state index in [4.69, 9.17) is 9.47 Å². The van der Waals surface area contributed by atoms with Gasteiger partial charge in [0.1, 0.15) is 5.75 Å². The Balaban J connectivity index is 1.66. The first-order valence-corrected chi connectivity index (χ1v) is 9.81. The first-order valence-electron chi connectivity index (χ1n) is 9.81. The molecule has 2 aromatic carbocycles. The zero-order valence-electron chi connectivity index (χ0n) is 16.1. The van der Waals surface area contributed by atoms with Gasteiger partial charge in [-0.25, -0.2) is 0 Å². The molecule has 2 heterocycles. The number of carbonyl (C=O) groups is 3. The first kappa shape index (κ1) is 18.1. The number of esters is 1. The number of amides is 1. The van der Waals surface area contributed by atoms with Gasteiger partial charge >= 0.3 is 5.97 Å². The average molecular weight is 391 g/mol. The minimum atomic E-state index is -1.54. The maximum atomic E-state index is 13.7. The summed E-state index contributed by atoms with van der Waals surface area (Å²) in [7, 11) is 0. The normalized spacial score (nSPS) is 30.0. The summed E-state index contributed by atoms with van der Waals surface area (Å²) >= 11 is 0. The van der Waals surface area contributed by atoms with E-state index in [0.29, 0.717) is 37.6 Å². The van der Waals surface area contributed by atoms with E-state index < -0.39 is 22.7 Å². The van der Waals surface area contributed by atoms with Crippen molar-refractivity contribution in [2.45, 2.75) is 12.8 Å². The lowest BCUT2D eigenvalue weighted by Crippen LogP contribution is -2.50. The maximum Gasteiger partial charge on any atom is 0.328 e. The van der Waals surface area contributed by atoms with Crippen molar-refractivity contribution in [3.05, 3.63) is 65.7 Å². The molecule has 29 heavy (non-hydrogen) atoms. The van der Waals surface area contributed by atoms with Crippen LogP contribution < -0.4 is 4.74 Å². The van der Waals surface area contributed by atoms with E-state index in [1.54, 1.807) is 48.2 Å². The zero-order valence-corrected chi connectivity index (χ0v) is 16.1. The Morgan fingerprint density at radius 1 is 1.00 bits per heavy atom. The Kier molecular flexibility index (Phi) is 3.90. The molecular weight excluding hydrogens is 370 g/mol. The molecule has 1 aliphatic carbocycles. The molecule has 6 nitrogen and oxygen atoms in total. The number of hydrogen-bond acceptors (Lipinski definition) is 5. The van der Waals surface area contributed by atoms with Crippen LogP contribution in [-0.2, 0) is 14.3 Å². The monoisotopic (exact) mass is 391 g/mol. The predicted molar refractivity (Wildman–Crippen MR) is 104 cm³/mol. The predicted octanol–water partition coefficient (Wildman–Crippen LogP) is 2.44. The summed E-state index contributed by atoms with van der Waals surface area (Å²) in [6, 6.07) is 16.0. The molecule has 0 spiro atoms. The summed E-state index contributed by atoms with van der Waals surface area (Å²) in [5.74, 6) is -1.30.